The molecule has 106 valence electrons. The molecule has 20 heavy (non-hydrogen) atoms. The zero-order valence-corrected chi connectivity index (χ0v) is 12.1. The van der Waals surface area contributed by atoms with Gasteiger partial charge in [0.15, 0.2) is 0 Å². The smallest absolute Gasteiger partial charge is 0.123 e. The molecule has 0 aliphatic heterocycles. The van der Waals surface area contributed by atoms with Gasteiger partial charge in [-0.3, -0.25) is 4.68 Å². The number of hydrogen-bond donors (Lipinski definition) is 1. The van der Waals surface area contributed by atoms with Gasteiger partial charge < -0.3 is 10.1 Å². The molecule has 0 bridgehead atoms. The van der Waals surface area contributed by atoms with Crippen molar-refractivity contribution >= 4 is 0 Å². The van der Waals surface area contributed by atoms with Gasteiger partial charge in [-0.05, 0) is 36.6 Å². The number of rotatable bonds is 5. The van der Waals surface area contributed by atoms with E-state index < -0.39 is 0 Å². The van der Waals surface area contributed by atoms with Crippen LogP contribution in [-0.4, -0.2) is 16.3 Å². The Bertz CT molecular complexity index is 591. The monoisotopic (exact) mass is 271 g/mol. The second-order valence-corrected chi connectivity index (χ2v) is 5.28. The molecule has 1 atom stereocenters. The van der Waals surface area contributed by atoms with Crippen LogP contribution in [0.1, 0.15) is 36.1 Å². The minimum Gasteiger partial charge on any atom is -0.488 e. The maximum absolute atomic E-state index is 5.99. The first-order valence-electron chi connectivity index (χ1n) is 7.23. The molecule has 0 saturated heterocycles. The second-order valence-electron chi connectivity index (χ2n) is 5.28. The van der Waals surface area contributed by atoms with Crippen LogP contribution in [0.2, 0.25) is 0 Å². The van der Waals surface area contributed by atoms with Gasteiger partial charge in [0.25, 0.3) is 0 Å². The van der Waals surface area contributed by atoms with Crippen molar-refractivity contribution in [2.75, 3.05) is 6.54 Å². The highest BCUT2D eigenvalue weighted by Crippen LogP contribution is 2.37. The molecule has 0 spiro atoms. The van der Waals surface area contributed by atoms with Gasteiger partial charge >= 0.3 is 0 Å². The highest BCUT2D eigenvalue weighted by molar-refractivity contribution is 5.45. The molecule has 1 N–H and O–H groups in total. The van der Waals surface area contributed by atoms with E-state index in [9.17, 15) is 0 Å². The van der Waals surface area contributed by atoms with Crippen molar-refractivity contribution in [3.05, 3.63) is 47.3 Å². The molecule has 0 saturated carbocycles. The van der Waals surface area contributed by atoms with Crippen molar-refractivity contribution in [3.8, 4) is 5.75 Å². The molecule has 0 amide bonds. The fourth-order valence-corrected chi connectivity index (χ4v) is 2.92. The summed E-state index contributed by atoms with van der Waals surface area (Å²) < 4.78 is 7.79. The van der Waals surface area contributed by atoms with Gasteiger partial charge in [-0.15, -0.1) is 0 Å². The molecule has 2 aromatic rings. The van der Waals surface area contributed by atoms with E-state index >= 15 is 0 Å². The fraction of sp³-hybridized carbons (Fsp3) is 0.438. The summed E-state index contributed by atoms with van der Waals surface area (Å²) in [6.45, 7) is 3.74. The number of nitrogens with zero attached hydrogens (tertiary/aromatic N) is 2. The van der Waals surface area contributed by atoms with Crippen molar-refractivity contribution in [3.63, 3.8) is 0 Å². The summed E-state index contributed by atoms with van der Waals surface area (Å²) >= 11 is 0. The van der Waals surface area contributed by atoms with Gasteiger partial charge in [0.2, 0.25) is 0 Å². The lowest BCUT2D eigenvalue weighted by Gasteiger charge is -2.14. The Hall–Kier alpha value is -1.81. The summed E-state index contributed by atoms with van der Waals surface area (Å²) in [7, 11) is 1.92. The van der Waals surface area contributed by atoms with Crippen LogP contribution in [0.3, 0.4) is 0 Å². The topological polar surface area (TPSA) is 39.1 Å². The Morgan fingerprint density at radius 2 is 2.35 bits per heavy atom. The zero-order valence-electron chi connectivity index (χ0n) is 12.1. The van der Waals surface area contributed by atoms with E-state index in [-0.39, 0.29) is 0 Å². The average molecular weight is 271 g/mol. The number of aromatic nitrogens is 2. The van der Waals surface area contributed by atoms with Crippen molar-refractivity contribution < 1.29 is 4.74 Å². The van der Waals surface area contributed by atoms with Gasteiger partial charge in [-0.2, -0.15) is 5.10 Å². The van der Waals surface area contributed by atoms with Crippen LogP contribution in [-0.2, 0) is 20.1 Å². The van der Waals surface area contributed by atoms with Gasteiger partial charge in [0.05, 0.1) is 6.20 Å². The summed E-state index contributed by atoms with van der Waals surface area (Å²) in [5, 5.41) is 7.70. The molecule has 1 aromatic heterocycles. The fourth-order valence-electron chi connectivity index (χ4n) is 2.92. The van der Waals surface area contributed by atoms with Gasteiger partial charge in [-0.1, -0.05) is 19.1 Å². The first-order chi connectivity index (χ1) is 9.78. The summed E-state index contributed by atoms with van der Waals surface area (Å²) in [6, 6.07) is 6.86. The first kappa shape index (κ1) is 13.2. The van der Waals surface area contributed by atoms with Gasteiger partial charge in [0, 0.05) is 24.8 Å². The Balaban J connectivity index is 1.75. The van der Waals surface area contributed by atoms with Crippen molar-refractivity contribution in [2.45, 2.75) is 32.4 Å². The van der Waals surface area contributed by atoms with E-state index in [0.29, 0.717) is 12.6 Å². The number of nitrogens with one attached hydrogen (secondary N) is 1. The second kappa shape index (κ2) is 5.67. The maximum Gasteiger partial charge on any atom is 0.123 e. The molecule has 3 rings (SSSR count). The van der Waals surface area contributed by atoms with Gasteiger partial charge in [-0.25, -0.2) is 0 Å². The van der Waals surface area contributed by atoms with Crippen LogP contribution in [0, 0.1) is 0 Å². The molecule has 1 aromatic carbocycles. The van der Waals surface area contributed by atoms with E-state index in [1.54, 1.807) is 4.68 Å². The lowest BCUT2D eigenvalue weighted by Crippen LogP contribution is -2.18. The maximum atomic E-state index is 5.99. The van der Waals surface area contributed by atoms with Crippen LogP contribution >= 0.6 is 0 Å². The molecule has 0 radical (unpaired) electrons. The van der Waals surface area contributed by atoms with Crippen LogP contribution in [0.5, 0.6) is 5.75 Å². The Kier molecular flexibility index (Phi) is 3.74. The summed E-state index contributed by atoms with van der Waals surface area (Å²) in [5.74, 6) is 1.02. The molecule has 1 unspecified atom stereocenters. The molecule has 0 fully saturated rings. The third-order valence-corrected chi connectivity index (χ3v) is 3.83. The predicted octanol–water partition coefficient (Wildman–Crippen LogP) is 2.60. The highest BCUT2D eigenvalue weighted by atomic mass is 16.5. The number of hydrogen-bond acceptors (Lipinski definition) is 3. The first-order valence-corrected chi connectivity index (χ1v) is 7.23. The lowest BCUT2D eigenvalue weighted by atomic mass is 10.1. The van der Waals surface area contributed by atoms with E-state index in [0.717, 1.165) is 30.7 Å². The molecule has 4 heteroatoms. The summed E-state index contributed by atoms with van der Waals surface area (Å²) in [4.78, 5) is 0. The summed E-state index contributed by atoms with van der Waals surface area (Å²) in [6.07, 6.45) is 6.10. The quantitative estimate of drug-likeness (QED) is 0.908. The molecule has 1 aliphatic rings. The van der Waals surface area contributed by atoms with Gasteiger partial charge in [0.1, 0.15) is 12.4 Å². The van der Waals surface area contributed by atoms with E-state index in [1.165, 1.54) is 11.1 Å². The number of benzene rings is 1. The molecule has 4 nitrogen and oxygen atoms in total. The van der Waals surface area contributed by atoms with Crippen molar-refractivity contribution in [1.82, 2.24) is 15.1 Å². The minimum absolute atomic E-state index is 0.483. The number of fused-ring (bicyclic) bond motifs is 1. The third kappa shape index (κ3) is 2.56. The minimum atomic E-state index is 0.483. The van der Waals surface area contributed by atoms with Crippen LogP contribution in [0.25, 0.3) is 0 Å². The average Bonchev–Trinajstić information content (AvgIpc) is 3.04. The van der Waals surface area contributed by atoms with E-state index in [2.05, 4.69) is 35.5 Å². The Labute approximate surface area is 119 Å². The predicted molar refractivity (Wildman–Crippen MR) is 78.7 cm³/mol. The van der Waals surface area contributed by atoms with E-state index in [1.807, 2.05) is 19.4 Å². The number of ether oxygens (including phenoxy) is 1. The summed E-state index contributed by atoms with van der Waals surface area (Å²) in [5.41, 5.74) is 3.87. The Morgan fingerprint density at radius 1 is 1.45 bits per heavy atom. The molecule has 1 aliphatic carbocycles. The number of aryl methyl sites for hydroxylation is 1. The zero-order chi connectivity index (χ0) is 13.9. The Morgan fingerprint density at radius 3 is 3.10 bits per heavy atom. The standard InChI is InChI=1S/C16H21N3O/c1-3-17-15-8-7-14-13(15)5-4-6-16(14)20-11-12-9-18-19(2)10-12/h4-6,9-10,15,17H,3,7-8,11H2,1-2H3. The lowest BCUT2D eigenvalue weighted by molar-refractivity contribution is 0.303. The van der Waals surface area contributed by atoms with Crippen molar-refractivity contribution in [2.24, 2.45) is 7.05 Å². The molecular weight excluding hydrogens is 250 g/mol. The van der Waals surface area contributed by atoms with Crippen LogP contribution in [0.15, 0.2) is 30.6 Å². The largest absolute Gasteiger partial charge is 0.488 e. The normalized spacial score (nSPS) is 17.2. The van der Waals surface area contributed by atoms with E-state index in [4.69, 9.17) is 4.74 Å². The highest BCUT2D eigenvalue weighted by Gasteiger charge is 2.24. The van der Waals surface area contributed by atoms with Crippen LogP contribution in [0.4, 0.5) is 0 Å². The molecule has 1 heterocycles. The SMILES string of the molecule is CCNC1CCc2c(OCc3cnn(C)c3)cccc21. The third-order valence-electron chi connectivity index (χ3n) is 3.83. The van der Waals surface area contributed by atoms with Crippen LogP contribution < -0.4 is 10.1 Å². The molecular formula is C16H21N3O. The van der Waals surface area contributed by atoms with Crippen molar-refractivity contribution in [1.29, 1.82) is 0 Å².